The number of nitrogens with two attached hydrogens (primary N) is 1. The van der Waals surface area contributed by atoms with E-state index in [1.165, 1.54) is 22.7 Å². The first kappa shape index (κ1) is 106. The van der Waals surface area contributed by atoms with E-state index < -0.39 is 56.3 Å². The average molecular weight is 1810 g/mol. The number of amides is 1. The molecule has 1 amide bonds. The van der Waals surface area contributed by atoms with E-state index in [2.05, 4.69) is 92.4 Å². The molecule has 33 nitrogen and oxygen atoms in total. The van der Waals surface area contributed by atoms with Crippen molar-refractivity contribution in [3.05, 3.63) is 59.9 Å². The topological polar surface area (TPSA) is 472 Å². The number of imidazole rings is 1. The Bertz CT molecular complexity index is 2350. The minimum absolute atomic E-state index is 0. The van der Waals surface area contributed by atoms with Crippen molar-refractivity contribution in [2.75, 3.05) is 199 Å². The van der Waals surface area contributed by atoms with E-state index in [0.29, 0.717) is 105 Å². The molecule has 0 saturated heterocycles. The smallest absolute Gasteiger partial charge is 0.412 e. The number of aliphatic hydroxyl groups excluding tert-OH is 1. The van der Waals surface area contributed by atoms with Crippen LogP contribution in [0.3, 0.4) is 0 Å². The second-order valence-corrected chi connectivity index (χ2v) is 29.7. The number of nitrogens with one attached hydrogen (secondary N) is 5. The molecule has 4 atom stereocenters. The maximum absolute atomic E-state index is 12.6. The number of hydrogen-bond acceptors (Lipinski definition) is 24. The summed E-state index contributed by atoms with van der Waals surface area (Å²) in [5.41, 5.74) is 3.87. The van der Waals surface area contributed by atoms with E-state index in [0.717, 1.165) is 122 Å². The molecular formula is C47H96Br3Cl7N14O19P4S. The number of halogens is 10. The Kier molecular flexibility index (Phi) is 81.1. The van der Waals surface area contributed by atoms with E-state index >= 15 is 0 Å². The zero-order valence-electron chi connectivity index (χ0n) is 52.8. The lowest BCUT2D eigenvalue weighted by molar-refractivity contribution is -0.396. The van der Waals surface area contributed by atoms with Gasteiger partial charge in [-0.2, -0.15) is 8.42 Å². The third-order valence-electron chi connectivity index (χ3n) is 10.5. The number of carbonyl (C=O) groups is 1. The van der Waals surface area contributed by atoms with Crippen molar-refractivity contribution >= 4 is 202 Å². The van der Waals surface area contributed by atoms with Gasteiger partial charge in [0.05, 0.1) is 94.7 Å². The summed E-state index contributed by atoms with van der Waals surface area (Å²) in [6.45, 7) is 10.2. The molecule has 0 aliphatic carbocycles. The highest BCUT2D eigenvalue weighted by atomic mass is 79.9. The molecule has 4 unspecified atom stereocenters. The summed E-state index contributed by atoms with van der Waals surface area (Å²) in [4.78, 5) is 48.6. The van der Waals surface area contributed by atoms with Crippen LogP contribution in [0.15, 0.2) is 18.3 Å². The summed E-state index contributed by atoms with van der Waals surface area (Å²) in [5.74, 6) is 3.28. The van der Waals surface area contributed by atoms with Crippen LogP contribution in [0.4, 0.5) is 23.0 Å². The Labute approximate surface area is 622 Å². The normalized spacial score (nSPS) is 11.7. The summed E-state index contributed by atoms with van der Waals surface area (Å²) in [5, 5.41) is 58.7. The Morgan fingerprint density at radius 3 is 1.67 bits per heavy atom. The van der Waals surface area contributed by atoms with E-state index in [4.69, 9.17) is 110 Å². The largest absolute Gasteiger partial charge is 0.434 e. The summed E-state index contributed by atoms with van der Waals surface area (Å²) in [7, 11) is -4.14. The number of hydrogen-bond donors (Lipinski definition) is 7. The Morgan fingerprint density at radius 1 is 0.705 bits per heavy atom. The standard InChI is InChI=1S/C14H19BrN4O9S.C10H17Br2N4O4P.C9H20Cl3N2OP.2C7H17Cl2N2OP.3H2O/c1-29(26,27)28-7-5-17(4-2-15)13-11(14(21)16-3-6-20)8-10(18(22)23)9-12(13)19(24)25;1-15-9(7-13-10(15)16(17)18)8-20-21(19,6-2-3-11)14-5-4-12;10-2-6-13-5-1-9-15-16-14(7-3-11)8-4-12;8-2-5-11(6-3-9)13-12-7-1-4-10;8-2-5-10-4-1-7-12-13-11-6-3-9;;;/h8-9,20H,2-7H2,1H3,(H,16,21);7H,2-6,8H2,1H3,(H,14,19);13,16H,1-9H2;13H,1-7,10H2;10-11,13H,1-7H2;3*1H2. The van der Waals surface area contributed by atoms with Gasteiger partial charge in [-0.1, -0.05) is 52.8 Å². The van der Waals surface area contributed by atoms with Crippen LogP contribution in [0.1, 0.15) is 41.7 Å². The highest BCUT2D eigenvalue weighted by Crippen LogP contribution is 2.44. The first-order valence-corrected chi connectivity index (χ1v) is 41.6. The number of alkyl halides is 10. The van der Waals surface area contributed by atoms with Gasteiger partial charge in [0.25, 0.3) is 34.9 Å². The van der Waals surface area contributed by atoms with Crippen molar-refractivity contribution in [2.24, 2.45) is 12.8 Å². The molecule has 95 heavy (non-hydrogen) atoms. The second kappa shape index (κ2) is 72.5. The molecule has 0 radical (unpaired) electrons. The van der Waals surface area contributed by atoms with Gasteiger partial charge in [-0.3, -0.25) is 48.2 Å². The van der Waals surface area contributed by atoms with Crippen molar-refractivity contribution in [2.45, 2.75) is 32.3 Å². The lowest BCUT2D eigenvalue weighted by Crippen LogP contribution is -2.34. The summed E-state index contributed by atoms with van der Waals surface area (Å²) < 4.78 is 66.9. The van der Waals surface area contributed by atoms with Gasteiger partial charge in [-0.15, -0.1) is 81.2 Å². The Morgan fingerprint density at radius 2 is 1.24 bits per heavy atom. The van der Waals surface area contributed by atoms with Gasteiger partial charge in [-0.05, 0) is 50.2 Å². The third-order valence-corrected chi connectivity index (χ3v) is 18.6. The molecular weight excluding hydrogens is 1710 g/mol. The van der Waals surface area contributed by atoms with Gasteiger partial charge < -0.3 is 76.3 Å². The zero-order chi connectivity index (χ0) is 69.9. The van der Waals surface area contributed by atoms with Gasteiger partial charge >= 0.3 is 5.95 Å². The van der Waals surface area contributed by atoms with Crippen molar-refractivity contribution in [1.29, 1.82) is 0 Å². The Balaban J connectivity index is -0.000000268. The molecule has 0 spiro atoms. The van der Waals surface area contributed by atoms with Crippen molar-refractivity contribution in [3.8, 4) is 0 Å². The summed E-state index contributed by atoms with van der Waals surface area (Å²) in [6, 6.07) is 1.60. The fraction of sp³-hybridized carbons (Fsp3) is 0.787. The number of nitro benzene ring substituents is 2. The van der Waals surface area contributed by atoms with Crippen LogP contribution < -0.4 is 36.8 Å². The summed E-state index contributed by atoms with van der Waals surface area (Å²) in [6.07, 6.45) is 6.22. The predicted molar refractivity (Wildman–Crippen MR) is 402 cm³/mol. The number of rotatable bonds is 53. The number of aliphatic hydroxyl groups is 1. The van der Waals surface area contributed by atoms with E-state index in [-0.39, 0.29) is 71.8 Å². The van der Waals surface area contributed by atoms with Crippen molar-refractivity contribution < 1.29 is 76.4 Å². The third kappa shape index (κ3) is 59.3. The fourth-order valence-corrected chi connectivity index (χ4v) is 14.2. The van der Waals surface area contributed by atoms with E-state index in [9.17, 15) is 48.1 Å². The van der Waals surface area contributed by atoms with E-state index in [1.807, 2.05) is 0 Å². The van der Waals surface area contributed by atoms with Crippen molar-refractivity contribution in [3.63, 3.8) is 0 Å². The molecule has 1 heterocycles. The molecule has 2 aromatic rings. The highest BCUT2D eigenvalue weighted by molar-refractivity contribution is 9.09. The van der Waals surface area contributed by atoms with Gasteiger partial charge in [-0.25, -0.2) is 9.65 Å². The summed E-state index contributed by atoms with van der Waals surface area (Å²) >= 11 is 48.8. The van der Waals surface area contributed by atoms with Gasteiger partial charge in [0.1, 0.15) is 24.2 Å². The first-order chi connectivity index (χ1) is 44.1. The SMILES string of the molecule is CS(=O)(=O)OCCN(CCBr)c1c(C(=O)NCCO)cc([N+](=O)[O-])cc1[N+](=O)[O-].ClCCNCCCOPN(CCCl)CCCl.ClCCNCCCOPNCCCl.Cn1c(COP(=O)(CCCBr)NCCBr)cnc1[N+](=O)[O-].NCCCOPN(CCCl)CCCl.O.O.O. The van der Waals surface area contributed by atoms with Crippen LogP contribution in [0.2, 0.25) is 0 Å². The number of carbonyl (C=O) groups excluding carboxylic acids is 1. The van der Waals surface area contributed by atoms with Crippen LogP contribution in [-0.4, -0.2) is 264 Å². The molecule has 14 N–H and O–H groups in total. The maximum atomic E-state index is 12.6. The molecule has 48 heteroatoms. The highest BCUT2D eigenvalue weighted by Gasteiger charge is 2.31. The molecule has 0 fully saturated rings. The van der Waals surface area contributed by atoms with Crippen LogP contribution in [0.5, 0.6) is 0 Å². The number of benzene rings is 1. The molecule has 564 valence electrons. The molecule has 0 saturated carbocycles. The second-order valence-electron chi connectivity index (χ2n) is 17.6. The monoisotopic (exact) mass is 1800 g/mol. The first-order valence-electron chi connectivity index (χ1n) is 28.2. The van der Waals surface area contributed by atoms with E-state index in [1.54, 1.807) is 0 Å². The number of nitrogens with zero attached hydrogens (tertiary/aromatic N) is 8. The number of aromatic nitrogens is 2. The molecule has 0 aliphatic heterocycles. The van der Waals surface area contributed by atoms with Crippen LogP contribution in [0, 0.1) is 30.3 Å². The van der Waals surface area contributed by atoms with Crippen molar-refractivity contribution in [1.82, 2.24) is 45.0 Å². The van der Waals surface area contributed by atoms with Gasteiger partial charge in [0.2, 0.25) is 0 Å². The quantitative estimate of drug-likeness (QED) is 0.00934. The maximum Gasteiger partial charge on any atom is 0.434 e. The van der Waals surface area contributed by atoms with Gasteiger partial charge in [0, 0.05) is 141 Å². The fourth-order valence-electron chi connectivity index (χ4n) is 6.30. The number of anilines is 1. The number of non-ortho nitro benzene ring substituents is 1. The molecule has 1 aromatic heterocycles. The minimum atomic E-state index is -3.77. The van der Waals surface area contributed by atoms with Crippen LogP contribution in [0.25, 0.3) is 0 Å². The van der Waals surface area contributed by atoms with Crippen LogP contribution >= 0.6 is 163 Å². The Hall–Kier alpha value is 0.200. The zero-order valence-corrected chi connectivity index (χ0v) is 67.6. The molecule has 0 bridgehead atoms. The number of nitro groups is 3. The lowest BCUT2D eigenvalue weighted by Gasteiger charge is -2.25. The predicted octanol–water partition coefficient (Wildman–Crippen LogP) is 6.44. The average Bonchev–Trinajstić information content (AvgIpc) is 1.14. The molecule has 1 aromatic carbocycles. The van der Waals surface area contributed by atoms with Crippen LogP contribution in [-0.2, 0) is 50.6 Å². The molecule has 0 aliphatic rings. The lowest BCUT2D eigenvalue weighted by atomic mass is 10.1. The molecule has 2 rings (SSSR count). The minimum Gasteiger partial charge on any atom is -0.412 e. The van der Waals surface area contributed by atoms with Gasteiger partial charge in [0.15, 0.2) is 0 Å².